The Morgan fingerprint density at radius 2 is 0.273 bits per heavy atom. The topological polar surface area (TPSA) is 200 Å². The van der Waals surface area contributed by atoms with Gasteiger partial charge in [-0.25, -0.2) is 0 Å². The van der Waals surface area contributed by atoms with E-state index in [2.05, 4.69) is 0 Å². The van der Waals surface area contributed by atoms with Gasteiger partial charge in [0.05, 0.1) is 0 Å². The summed E-state index contributed by atoms with van der Waals surface area (Å²) < 4.78 is 0. The molecule has 0 aromatic heterocycles. The van der Waals surface area contributed by atoms with Crippen LogP contribution in [0.2, 0.25) is 0 Å². The number of hydrogen-bond acceptors (Lipinski definition) is 0. The van der Waals surface area contributed by atoms with E-state index in [1.165, 1.54) is 0 Å². The first kappa shape index (κ1) is 176. The van der Waals surface area contributed by atoms with Crippen LogP contribution in [-0.4, -0.2) is 91.0 Å². The van der Waals surface area contributed by atoms with Crippen LogP contribution in [0.15, 0.2) is 0 Å². The fourth-order valence-corrected chi connectivity index (χ4v) is 0. The van der Waals surface area contributed by atoms with E-state index in [-0.39, 0.29) is 174 Å². The molecule has 0 aliphatic carbocycles. The second kappa shape index (κ2) is 142. The Labute approximate surface area is 170 Å². The molecular formula is O7Sr2Ta2. The van der Waals surface area contributed by atoms with Gasteiger partial charge in [0, 0.05) is 0 Å². The van der Waals surface area contributed by atoms with Crippen molar-refractivity contribution in [3.05, 3.63) is 0 Å². The zero-order valence-electron chi connectivity index (χ0n) is 5.17. The van der Waals surface area contributed by atoms with Crippen LogP contribution in [-0.2, 0) is 83.1 Å². The van der Waals surface area contributed by atoms with E-state index in [0.29, 0.717) is 0 Å². The molecule has 11 heavy (non-hydrogen) atoms. The maximum atomic E-state index is 0. The first-order valence-electron chi connectivity index (χ1n) is 0. The summed E-state index contributed by atoms with van der Waals surface area (Å²) in [6.45, 7) is 0. The Kier molecular flexibility index (Phi) is 2260. The van der Waals surface area contributed by atoms with Crippen LogP contribution < -0.4 is 0 Å². The zero-order valence-corrected chi connectivity index (χ0v) is 18.5. The third-order valence-corrected chi connectivity index (χ3v) is 0. The van der Waals surface area contributed by atoms with Gasteiger partial charge in [-0.05, 0) is 0 Å². The van der Waals surface area contributed by atoms with Gasteiger partial charge in [-0.15, -0.1) is 0 Å². The van der Waals surface area contributed by atoms with Crippen molar-refractivity contribution >= 4 is 91.0 Å². The van der Waals surface area contributed by atoms with Crippen LogP contribution in [0.4, 0.5) is 0 Å². The minimum atomic E-state index is 0. The Bertz CT molecular complexity index is 14.4. The van der Waals surface area contributed by atoms with Crippen molar-refractivity contribution in [2.24, 2.45) is 0 Å². The quantitative estimate of drug-likeness (QED) is 0.273. The Hall–Kier alpha value is 4.16. The molecule has 0 saturated heterocycles. The van der Waals surface area contributed by atoms with E-state index < -0.39 is 0 Å². The molecule has 0 aliphatic rings. The molecule has 56 valence electrons. The van der Waals surface area contributed by atoms with Crippen molar-refractivity contribution in [1.29, 1.82) is 0 Å². The molecule has 0 unspecified atom stereocenters. The molecule has 11 heteroatoms. The monoisotopic (exact) mass is 650 g/mol. The molecule has 0 amide bonds. The smallest absolute Gasteiger partial charge is 2.00 e. The summed E-state index contributed by atoms with van der Waals surface area (Å²) in [5.74, 6) is 0. The average molecular weight is 649 g/mol. The van der Waals surface area contributed by atoms with Gasteiger partial charge < -0.3 is 38.3 Å². The molecule has 7 nitrogen and oxygen atoms in total. The molecule has 0 saturated carbocycles. The van der Waals surface area contributed by atoms with Crippen molar-refractivity contribution < 1.29 is 83.1 Å². The van der Waals surface area contributed by atoms with E-state index in [9.17, 15) is 0 Å². The summed E-state index contributed by atoms with van der Waals surface area (Å²) in [5.41, 5.74) is 0. The average Bonchev–Trinajstić information content (AvgIpc) is 0. The molecular weight excluding hydrogens is 649 g/mol. The standard InChI is InChI=1S/7O.2Sr.2Ta/q7*-2;2*+2;2*+5. The molecule has 0 aliphatic heterocycles. The summed E-state index contributed by atoms with van der Waals surface area (Å²) in [7, 11) is 0. The molecule has 0 N–H and O–H groups in total. The largest absolute Gasteiger partial charge is 5.00 e. The van der Waals surface area contributed by atoms with Crippen LogP contribution in [0.3, 0.4) is 0 Å². The molecule has 0 fully saturated rings. The fourth-order valence-electron chi connectivity index (χ4n) is 0. The van der Waals surface area contributed by atoms with E-state index in [1.807, 2.05) is 0 Å². The van der Waals surface area contributed by atoms with Crippen molar-refractivity contribution in [2.45, 2.75) is 0 Å². The fraction of sp³-hybridized carbons (Fsp3) is 0. The predicted octanol–water partition coefficient (Wildman–Crippen LogP) is -1.60. The molecule has 0 atom stereocenters. The maximum absolute atomic E-state index is 0. The maximum Gasteiger partial charge on any atom is 5.00 e. The normalized spacial score (nSPS) is 0. The minimum Gasteiger partial charge on any atom is -2.00 e. The Balaban J connectivity index is 0. The van der Waals surface area contributed by atoms with Gasteiger partial charge in [-0.3, -0.25) is 0 Å². The van der Waals surface area contributed by atoms with Crippen molar-refractivity contribution in [1.82, 2.24) is 0 Å². The van der Waals surface area contributed by atoms with E-state index in [4.69, 9.17) is 0 Å². The van der Waals surface area contributed by atoms with E-state index in [1.54, 1.807) is 0 Å². The Morgan fingerprint density at radius 1 is 0.273 bits per heavy atom. The minimum absolute atomic E-state index is 0. The van der Waals surface area contributed by atoms with Crippen molar-refractivity contribution in [2.75, 3.05) is 0 Å². The first-order chi connectivity index (χ1) is 0. The zero-order chi connectivity index (χ0) is 0. The number of rotatable bonds is 0. The van der Waals surface area contributed by atoms with Gasteiger partial charge in [0.25, 0.3) is 0 Å². The molecule has 0 bridgehead atoms. The second-order valence-corrected chi connectivity index (χ2v) is 0. The number of hydrogen-bond donors (Lipinski definition) is 0. The third kappa shape index (κ3) is 121. The van der Waals surface area contributed by atoms with Gasteiger partial charge in [-0.2, -0.15) is 0 Å². The van der Waals surface area contributed by atoms with Gasteiger partial charge >= 0.3 is 136 Å². The molecule has 0 aromatic rings. The molecule has 0 heterocycles. The molecule has 0 spiro atoms. The van der Waals surface area contributed by atoms with E-state index >= 15 is 0 Å². The van der Waals surface area contributed by atoms with Crippen LogP contribution in [0, 0.1) is 0 Å². The van der Waals surface area contributed by atoms with Crippen LogP contribution in [0.5, 0.6) is 0 Å². The first-order valence-corrected chi connectivity index (χ1v) is 0. The predicted molar refractivity (Wildman–Crippen MR) is 16.3 cm³/mol. The summed E-state index contributed by atoms with van der Waals surface area (Å²) in [4.78, 5) is 0. The molecule has 0 rings (SSSR count). The van der Waals surface area contributed by atoms with Gasteiger partial charge in [0.2, 0.25) is 0 Å². The van der Waals surface area contributed by atoms with Gasteiger partial charge in [-0.1, -0.05) is 0 Å². The summed E-state index contributed by atoms with van der Waals surface area (Å²) in [5, 5.41) is 0. The van der Waals surface area contributed by atoms with Gasteiger partial charge in [0.15, 0.2) is 0 Å². The third-order valence-electron chi connectivity index (χ3n) is 0. The van der Waals surface area contributed by atoms with Crippen molar-refractivity contribution in [3.63, 3.8) is 0 Å². The Morgan fingerprint density at radius 3 is 0.273 bits per heavy atom. The second-order valence-electron chi connectivity index (χ2n) is 0. The van der Waals surface area contributed by atoms with Gasteiger partial charge in [0.1, 0.15) is 0 Å². The van der Waals surface area contributed by atoms with Crippen LogP contribution in [0.25, 0.3) is 0 Å². The summed E-state index contributed by atoms with van der Waals surface area (Å²) in [6.07, 6.45) is 0. The summed E-state index contributed by atoms with van der Waals surface area (Å²) in [6, 6.07) is 0. The molecule has 0 aromatic carbocycles. The van der Waals surface area contributed by atoms with E-state index in [0.717, 1.165) is 0 Å². The van der Waals surface area contributed by atoms with Crippen molar-refractivity contribution in [3.8, 4) is 0 Å². The molecule has 0 radical (unpaired) electrons. The summed E-state index contributed by atoms with van der Waals surface area (Å²) >= 11 is 0. The van der Waals surface area contributed by atoms with Crippen LogP contribution >= 0.6 is 0 Å². The van der Waals surface area contributed by atoms with Crippen LogP contribution in [0.1, 0.15) is 0 Å². The SMILES string of the molecule is [O-2].[O-2].[O-2].[O-2].[O-2].[O-2].[O-2].[Sr+2].[Sr+2].[Ta+5].[Ta+5].